The second-order valence-electron chi connectivity index (χ2n) is 8.54. The molecule has 0 radical (unpaired) electrons. The molecule has 4 aromatic rings. The first-order valence-corrected chi connectivity index (χ1v) is 11.0. The van der Waals surface area contributed by atoms with Gasteiger partial charge in [-0.25, -0.2) is 9.97 Å². The lowest BCUT2D eigenvalue weighted by Gasteiger charge is -2.32. The largest absolute Gasteiger partial charge is 0.304 e. The lowest BCUT2D eigenvalue weighted by Crippen LogP contribution is -2.44. The minimum atomic E-state index is 0.416. The second-order valence-corrected chi connectivity index (χ2v) is 8.54. The van der Waals surface area contributed by atoms with Crippen LogP contribution in [0.2, 0.25) is 0 Å². The second kappa shape index (κ2) is 8.54. The first-order chi connectivity index (χ1) is 15.6. The van der Waals surface area contributed by atoms with E-state index in [-0.39, 0.29) is 0 Å². The first-order valence-electron chi connectivity index (χ1n) is 11.0. The van der Waals surface area contributed by atoms with Crippen LogP contribution in [0.3, 0.4) is 0 Å². The molecule has 1 saturated heterocycles. The maximum atomic E-state index is 9.12. The number of hydrogen-bond donors (Lipinski definition) is 0. The summed E-state index contributed by atoms with van der Waals surface area (Å²) in [6.07, 6.45) is 3.95. The highest BCUT2D eigenvalue weighted by molar-refractivity contribution is 5.70. The smallest absolute Gasteiger partial charge is 0.140 e. The van der Waals surface area contributed by atoms with Crippen LogP contribution in [-0.4, -0.2) is 57.4 Å². The number of pyridine rings is 2. The molecule has 32 heavy (non-hydrogen) atoms. The van der Waals surface area contributed by atoms with Gasteiger partial charge in [-0.1, -0.05) is 29.8 Å². The maximum Gasteiger partial charge on any atom is 0.140 e. The molecule has 4 heterocycles. The minimum absolute atomic E-state index is 0.416. The SMILES string of the molecule is Cc1ccc(-c2ccc3nc(-c4ccc(C#N)nc4)c(CN4CCN(C)CC4)n3c2)cc1. The molecule has 0 N–H and O–H groups in total. The van der Waals surface area contributed by atoms with Gasteiger partial charge in [0.1, 0.15) is 17.4 Å². The zero-order chi connectivity index (χ0) is 22.1. The van der Waals surface area contributed by atoms with Crippen molar-refractivity contribution in [3.8, 4) is 28.5 Å². The van der Waals surface area contributed by atoms with Crippen LogP contribution in [0, 0.1) is 18.3 Å². The fourth-order valence-electron chi connectivity index (χ4n) is 4.21. The Hall–Kier alpha value is -3.53. The molecule has 160 valence electrons. The van der Waals surface area contributed by atoms with E-state index in [1.54, 1.807) is 12.3 Å². The summed E-state index contributed by atoms with van der Waals surface area (Å²) in [4.78, 5) is 14.1. The highest BCUT2D eigenvalue weighted by Gasteiger charge is 2.20. The summed E-state index contributed by atoms with van der Waals surface area (Å²) in [7, 11) is 2.17. The quantitative estimate of drug-likeness (QED) is 0.498. The molecule has 0 bridgehead atoms. The normalized spacial score (nSPS) is 15.2. The Morgan fingerprint density at radius 3 is 2.31 bits per heavy atom. The molecule has 1 fully saturated rings. The summed E-state index contributed by atoms with van der Waals surface area (Å²) in [6.45, 7) is 7.13. The van der Waals surface area contributed by atoms with Gasteiger partial charge in [-0.2, -0.15) is 5.26 Å². The predicted octanol–water partition coefficient (Wildman–Crippen LogP) is 3.99. The number of nitriles is 1. The number of nitrogens with zero attached hydrogens (tertiary/aromatic N) is 6. The number of likely N-dealkylation sites (N-methyl/N-ethyl adjacent to an activating group) is 1. The molecule has 0 amide bonds. The Bertz CT molecular complexity index is 1270. The number of fused-ring (bicyclic) bond motifs is 1. The minimum Gasteiger partial charge on any atom is -0.304 e. The van der Waals surface area contributed by atoms with E-state index in [1.165, 1.54) is 16.7 Å². The third-order valence-corrected chi connectivity index (χ3v) is 6.22. The Morgan fingerprint density at radius 1 is 0.906 bits per heavy atom. The van der Waals surface area contributed by atoms with Crippen LogP contribution in [0.1, 0.15) is 17.0 Å². The van der Waals surface area contributed by atoms with Crippen molar-refractivity contribution in [3.63, 3.8) is 0 Å². The van der Waals surface area contributed by atoms with E-state index in [4.69, 9.17) is 10.2 Å². The van der Waals surface area contributed by atoms with E-state index in [9.17, 15) is 0 Å². The Labute approximate surface area is 188 Å². The van der Waals surface area contributed by atoms with Crippen LogP contribution in [0.4, 0.5) is 0 Å². The van der Waals surface area contributed by atoms with E-state index >= 15 is 0 Å². The van der Waals surface area contributed by atoms with Crippen molar-refractivity contribution in [2.75, 3.05) is 33.2 Å². The number of imidazole rings is 1. The molecule has 1 aliphatic heterocycles. The van der Waals surface area contributed by atoms with Gasteiger partial charge >= 0.3 is 0 Å². The summed E-state index contributed by atoms with van der Waals surface area (Å²) >= 11 is 0. The Kier molecular flexibility index (Phi) is 5.44. The van der Waals surface area contributed by atoms with Gasteiger partial charge in [0, 0.05) is 50.7 Å². The van der Waals surface area contributed by atoms with Crippen LogP contribution >= 0.6 is 0 Å². The zero-order valence-corrected chi connectivity index (χ0v) is 18.5. The van der Waals surface area contributed by atoms with E-state index in [0.717, 1.165) is 55.3 Å². The van der Waals surface area contributed by atoms with Crippen LogP contribution < -0.4 is 0 Å². The van der Waals surface area contributed by atoms with Crippen molar-refractivity contribution < 1.29 is 0 Å². The van der Waals surface area contributed by atoms with Gasteiger partial charge in [-0.05, 0) is 49.4 Å². The van der Waals surface area contributed by atoms with Gasteiger partial charge < -0.3 is 9.30 Å². The molecule has 6 nitrogen and oxygen atoms in total. The number of rotatable bonds is 4. The summed E-state index contributed by atoms with van der Waals surface area (Å²) in [6, 6.07) is 18.6. The monoisotopic (exact) mass is 422 g/mol. The van der Waals surface area contributed by atoms with Crippen molar-refractivity contribution >= 4 is 5.65 Å². The first kappa shape index (κ1) is 20.4. The van der Waals surface area contributed by atoms with Crippen LogP contribution in [0.5, 0.6) is 0 Å². The molecular weight excluding hydrogens is 396 g/mol. The van der Waals surface area contributed by atoms with Crippen molar-refractivity contribution in [1.82, 2.24) is 24.2 Å². The van der Waals surface area contributed by atoms with Crippen molar-refractivity contribution in [2.45, 2.75) is 13.5 Å². The van der Waals surface area contributed by atoms with Crippen LogP contribution in [0.15, 0.2) is 60.9 Å². The average molecular weight is 423 g/mol. The van der Waals surface area contributed by atoms with Gasteiger partial charge in [0.05, 0.1) is 11.4 Å². The summed E-state index contributed by atoms with van der Waals surface area (Å²) in [5.74, 6) is 0. The van der Waals surface area contributed by atoms with E-state index in [2.05, 4.69) is 81.8 Å². The molecule has 3 aromatic heterocycles. The molecular formula is C26H26N6. The zero-order valence-electron chi connectivity index (χ0n) is 18.5. The van der Waals surface area contributed by atoms with E-state index in [1.807, 2.05) is 6.07 Å². The van der Waals surface area contributed by atoms with E-state index in [0.29, 0.717) is 5.69 Å². The highest BCUT2D eigenvalue weighted by atomic mass is 15.3. The molecule has 0 unspecified atom stereocenters. The molecule has 1 aliphatic rings. The standard InChI is InChI=1S/C26H26N6/c1-19-3-5-20(6-4-19)22-8-10-25-29-26(21-7-9-23(15-27)28-16-21)24(32(25)17-22)18-31-13-11-30(2)12-14-31/h3-10,16-17H,11-14,18H2,1-2H3. The predicted molar refractivity (Wildman–Crippen MR) is 126 cm³/mol. The Balaban J connectivity index is 1.60. The summed E-state index contributed by atoms with van der Waals surface area (Å²) in [5, 5.41) is 9.12. The van der Waals surface area contributed by atoms with Gasteiger partial charge in [-0.3, -0.25) is 4.90 Å². The van der Waals surface area contributed by atoms with Gasteiger partial charge in [-0.15, -0.1) is 0 Å². The topological polar surface area (TPSA) is 60.5 Å². The molecule has 1 aromatic carbocycles. The molecule has 0 atom stereocenters. The fourth-order valence-corrected chi connectivity index (χ4v) is 4.21. The fraction of sp³-hybridized carbons (Fsp3) is 0.269. The lowest BCUT2D eigenvalue weighted by molar-refractivity contribution is 0.147. The number of piperazine rings is 1. The Morgan fingerprint density at radius 2 is 1.62 bits per heavy atom. The van der Waals surface area contributed by atoms with Gasteiger partial charge in [0.15, 0.2) is 0 Å². The summed E-state index contributed by atoms with van der Waals surface area (Å²) < 4.78 is 2.22. The van der Waals surface area contributed by atoms with Crippen molar-refractivity contribution in [1.29, 1.82) is 5.26 Å². The van der Waals surface area contributed by atoms with Gasteiger partial charge in [0.25, 0.3) is 0 Å². The van der Waals surface area contributed by atoms with Crippen molar-refractivity contribution in [2.24, 2.45) is 0 Å². The molecule has 0 spiro atoms. The summed E-state index contributed by atoms with van der Waals surface area (Å²) in [5.41, 5.74) is 7.98. The maximum absolute atomic E-state index is 9.12. The molecule has 5 rings (SSSR count). The molecule has 0 aliphatic carbocycles. The van der Waals surface area contributed by atoms with Crippen LogP contribution in [0.25, 0.3) is 28.0 Å². The third kappa shape index (κ3) is 4.01. The number of aromatic nitrogens is 3. The van der Waals surface area contributed by atoms with Crippen LogP contribution in [-0.2, 0) is 6.54 Å². The van der Waals surface area contributed by atoms with Crippen molar-refractivity contribution in [3.05, 3.63) is 77.9 Å². The van der Waals surface area contributed by atoms with Gasteiger partial charge in [0.2, 0.25) is 0 Å². The number of aryl methyl sites for hydroxylation is 1. The highest BCUT2D eigenvalue weighted by Crippen LogP contribution is 2.28. The molecule has 6 heteroatoms. The van der Waals surface area contributed by atoms with E-state index < -0.39 is 0 Å². The third-order valence-electron chi connectivity index (χ3n) is 6.22. The number of hydrogen-bond acceptors (Lipinski definition) is 5. The molecule has 0 saturated carbocycles. The lowest BCUT2D eigenvalue weighted by atomic mass is 10.1. The average Bonchev–Trinajstić information content (AvgIpc) is 3.18. The number of benzene rings is 1.